The molecule has 0 fully saturated rings. The van der Waals surface area contributed by atoms with E-state index in [0.29, 0.717) is 0 Å². The van der Waals surface area contributed by atoms with Crippen LogP contribution < -0.4 is 5.73 Å². The van der Waals surface area contributed by atoms with Gasteiger partial charge >= 0.3 is 0 Å². The predicted molar refractivity (Wildman–Crippen MR) is 102 cm³/mol. The van der Waals surface area contributed by atoms with Crippen molar-refractivity contribution >= 4 is 0 Å². The first-order chi connectivity index (χ1) is 10.8. The molecule has 0 spiro atoms. The Morgan fingerprint density at radius 1 is 0.545 bits per heavy atom. The first-order valence-corrected chi connectivity index (χ1v) is 10.2. The lowest BCUT2D eigenvalue weighted by Gasteiger charge is -2.03. The fourth-order valence-corrected chi connectivity index (χ4v) is 3.08. The van der Waals surface area contributed by atoms with Gasteiger partial charge in [0.25, 0.3) is 0 Å². The minimum absolute atomic E-state index is 0.848. The topological polar surface area (TPSA) is 26.0 Å². The van der Waals surface area contributed by atoms with E-state index >= 15 is 0 Å². The molecule has 0 radical (unpaired) electrons. The van der Waals surface area contributed by atoms with E-state index in [1.165, 1.54) is 109 Å². The Morgan fingerprint density at radius 3 is 1.09 bits per heavy atom. The van der Waals surface area contributed by atoms with E-state index in [1.54, 1.807) is 0 Å². The monoisotopic (exact) mass is 309 g/mol. The zero-order valence-electron chi connectivity index (χ0n) is 15.5. The molecule has 0 aliphatic carbocycles. The van der Waals surface area contributed by atoms with E-state index in [0.717, 1.165) is 12.1 Å². The van der Waals surface area contributed by atoms with Crippen LogP contribution in [0.3, 0.4) is 0 Å². The summed E-state index contributed by atoms with van der Waals surface area (Å²) >= 11 is 0. The molecule has 0 unspecified atom stereocenters. The molecule has 1 heteroatoms. The van der Waals surface area contributed by atoms with Crippen LogP contribution in [0, 0.1) is 0 Å². The molecule has 22 heavy (non-hydrogen) atoms. The van der Waals surface area contributed by atoms with Gasteiger partial charge in [-0.15, -0.1) is 0 Å². The third kappa shape index (κ3) is 19.5. The van der Waals surface area contributed by atoms with Crippen molar-refractivity contribution in [2.75, 3.05) is 0 Å². The Hall–Kier alpha value is -0.460. The maximum absolute atomic E-state index is 5.56. The van der Waals surface area contributed by atoms with E-state index in [9.17, 15) is 0 Å². The Kier molecular flexibility index (Phi) is 18.2. The van der Waals surface area contributed by atoms with Crippen molar-refractivity contribution in [3.63, 3.8) is 0 Å². The van der Waals surface area contributed by atoms with Crippen LogP contribution in [0.15, 0.2) is 12.3 Å². The Morgan fingerprint density at radius 2 is 0.818 bits per heavy atom. The van der Waals surface area contributed by atoms with Crippen molar-refractivity contribution in [1.29, 1.82) is 0 Å². The van der Waals surface area contributed by atoms with Crippen molar-refractivity contribution in [3.8, 4) is 0 Å². The average Bonchev–Trinajstić information content (AvgIpc) is 2.50. The molecule has 0 aliphatic rings. The summed E-state index contributed by atoms with van der Waals surface area (Å²) in [6.45, 7) is 6.03. The van der Waals surface area contributed by atoms with Crippen LogP contribution in [-0.2, 0) is 0 Å². The van der Waals surface area contributed by atoms with Gasteiger partial charge in [-0.1, -0.05) is 116 Å². The standard InChI is InChI=1S/C21H43N/c1-3-4-5-6-7-8-9-10-11-12-13-14-15-16-17-18-19-20-21(2)22/h2-20,22H2,1H3. The summed E-state index contributed by atoms with van der Waals surface area (Å²) in [6.07, 6.45) is 25.2. The second-order valence-electron chi connectivity index (χ2n) is 7.07. The van der Waals surface area contributed by atoms with Gasteiger partial charge in [0.1, 0.15) is 0 Å². The highest BCUT2D eigenvalue weighted by atomic mass is 14.5. The Bertz CT molecular complexity index is 222. The lowest BCUT2D eigenvalue weighted by atomic mass is 10.0. The lowest BCUT2D eigenvalue weighted by molar-refractivity contribution is 0.527. The zero-order chi connectivity index (χ0) is 16.3. The SMILES string of the molecule is C=C(N)CCCCCCCCCCCCCCCCCCC. The van der Waals surface area contributed by atoms with Gasteiger partial charge in [-0.2, -0.15) is 0 Å². The molecule has 0 rings (SSSR count). The molecule has 0 aromatic rings. The van der Waals surface area contributed by atoms with Crippen LogP contribution in [0.4, 0.5) is 0 Å². The minimum Gasteiger partial charge on any atom is -0.403 e. The van der Waals surface area contributed by atoms with Crippen LogP contribution in [-0.4, -0.2) is 0 Å². The van der Waals surface area contributed by atoms with Gasteiger partial charge in [0.05, 0.1) is 0 Å². The highest BCUT2D eigenvalue weighted by Gasteiger charge is 1.95. The first-order valence-electron chi connectivity index (χ1n) is 10.2. The van der Waals surface area contributed by atoms with Crippen LogP contribution in [0.2, 0.25) is 0 Å². The number of hydrogen-bond acceptors (Lipinski definition) is 1. The predicted octanol–water partition coefficient (Wildman–Crippen LogP) is 7.50. The fourth-order valence-electron chi connectivity index (χ4n) is 3.08. The van der Waals surface area contributed by atoms with Crippen molar-refractivity contribution in [2.24, 2.45) is 5.73 Å². The largest absolute Gasteiger partial charge is 0.403 e. The summed E-state index contributed by atoms with van der Waals surface area (Å²) in [5, 5.41) is 0. The summed E-state index contributed by atoms with van der Waals surface area (Å²) in [5.74, 6) is 0. The van der Waals surface area contributed by atoms with E-state index < -0.39 is 0 Å². The molecule has 0 atom stereocenters. The van der Waals surface area contributed by atoms with Gasteiger partial charge in [0.15, 0.2) is 0 Å². The average molecular weight is 310 g/mol. The molecule has 2 N–H and O–H groups in total. The van der Waals surface area contributed by atoms with E-state index in [2.05, 4.69) is 13.5 Å². The van der Waals surface area contributed by atoms with Crippen LogP contribution in [0.25, 0.3) is 0 Å². The summed E-state index contributed by atoms with van der Waals surface area (Å²) in [5.41, 5.74) is 6.41. The molecule has 132 valence electrons. The third-order valence-corrected chi connectivity index (χ3v) is 4.60. The van der Waals surface area contributed by atoms with Gasteiger partial charge < -0.3 is 5.73 Å². The lowest BCUT2D eigenvalue weighted by Crippen LogP contribution is -1.93. The zero-order valence-corrected chi connectivity index (χ0v) is 15.5. The van der Waals surface area contributed by atoms with Gasteiger partial charge in [0, 0.05) is 5.70 Å². The van der Waals surface area contributed by atoms with Crippen molar-refractivity contribution in [1.82, 2.24) is 0 Å². The molecule has 0 aliphatic heterocycles. The van der Waals surface area contributed by atoms with Crippen molar-refractivity contribution < 1.29 is 0 Å². The molecule has 0 saturated heterocycles. The molecule has 0 amide bonds. The molecule has 1 nitrogen and oxygen atoms in total. The normalized spacial score (nSPS) is 11.0. The third-order valence-electron chi connectivity index (χ3n) is 4.60. The molecule has 0 bridgehead atoms. The van der Waals surface area contributed by atoms with Crippen LogP contribution in [0.5, 0.6) is 0 Å². The van der Waals surface area contributed by atoms with Crippen LogP contribution >= 0.6 is 0 Å². The van der Waals surface area contributed by atoms with Crippen LogP contribution in [0.1, 0.15) is 122 Å². The number of nitrogens with two attached hydrogens (primary N) is 1. The molecule has 0 aromatic heterocycles. The Labute approximate surface area is 141 Å². The Balaban J connectivity index is 2.95. The number of rotatable bonds is 18. The smallest absolute Gasteiger partial charge is 0.000744 e. The molecular formula is C21H43N. The maximum atomic E-state index is 5.56. The fraction of sp³-hybridized carbons (Fsp3) is 0.905. The summed E-state index contributed by atoms with van der Waals surface area (Å²) < 4.78 is 0. The second kappa shape index (κ2) is 18.6. The molecular weight excluding hydrogens is 266 g/mol. The second-order valence-corrected chi connectivity index (χ2v) is 7.07. The van der Waals surface area contributed by atoms with Gasteiger partial charge in [-0.05, 0) is 12.8 Å². The molecule has 0 heterocycles. The summed E-state index contributed by atoms with van der Waals surface area (Å²) in [7, 11) is 0. The van der Waals surface area contributed by atoms with Gasteiger partial charge in [-0.25, -0.2) is 0 Å². The van der Waals surface area contributed by atoms with Gasteiger partial charge in [0.2, 0.25) is 0 Å². The first kappa shape index (κ1) is 21.5. The van der Waals surface area contributed by atoms with E-state index in [-0.39, 0.29) is 0 Å². The highest BCUT2D eigenvalue weighted by molar-refractivity contribution is 4.84. The van der Waals surface area contributed by atoms with Crippen molar-refractivity contribution in [3.05, 3.63) is 12.3 Å². The van der Waals surface area contributed by atoms with E-state index in [1.807, 2.05) is 0 Å². The molecule has 0 saturated carbocycles. The highest BCUT2D eigenvalue weighted by Crippen LogP contribution is 2.14. The number of hydrogen-bond donors (Lipinski definition) is 1. The number of unbranched alkanes of at least 4 members (excludes halogenated alkanes) is 16. The molecule has 0 aromatic carbocycles. The minimum atomic E-state index is 0.848. The maximum Gasteiger partial charge on any atom is 0.000744 e. The van der Waals surface area contributed by atoms with E-state index in [4.69, 9.17) is 5.73 Å². The van der Waals surface area contributed by atoms with Gasteiger partial charge in [-0.3, -0.25) is 0 Å². The summed E-state index contributed by atoms with van der Waals surface area (Å²) in [6, 6.07) is 0. The summed E-state index contributed by atoms with van der Waals surface area (Å²) in [4.78, 5) is 0. The van der Waals surface area contributed by atoms with Crippen molar-refractivity contribution in [2.45, 2.75) is 122 Å². The quantitative estimate of drug-likeness (QED) is 0.261. The number of allylic oxidation sites excluding steroid dienone is 1.